The number of hydrogen-bond acceptors (Lipinski definition) is 6. The van der Waals surface area contributed by atoms with Crippen LogP contribution in [-0.4, -0.2) is 26.2 Å². The Labute approximate surface area is 312 Å². The van der Waals surface area contributed by atoms with Crippen LogP contribution in [0.3, 0.4) is 0 Å². The van der Waals surface area contributed by atoms with Crippen molar-refractivity contribution in [2.45, 2.75) is 155 Å². The Hall–Kier alpha value is -2.87. The average Bonchev–Trinajstić information content (AvgIpc) is 3.11. The van der Waals surface area contributed by atoms with Crippen LogP contribution in [0.4, 0.5) is 5.69 Å². The van der Waals surface area contributed by atoms with Gasteiger partial charge in [0.2, 0.25) is 6.54 Å². The molecule has 0 saturated heterocycles. The Morgan fingerprint density at radius 1 is 0.700 bits per heavy atom. The Morgan fingerprint density at radius 2 is 1.20 bits per heavy atom. The molecule has 0 bridgehead atoms. The Kier molecular flexibility index (Phi) is 23.3. The second-order valence-corrected chi connectivity index (χ2v) is 13.7. The molecular weight excluding hydrogens is 692 g/mol. The minimum absolute atomic E-state index is 0. The molecular formula is C42H65BrN2O5. The first-order valence-corrected chi connectivity index (χ1v) is 19.5. The minimum Gasteiger partial charge on any atom is -1.00 e. The molecule has 0 radical (unpaired) electrons. The van der Waals surface area contributed by atoms with Crippen LogP contribution < -0.4 is 36.8 Å². The molecule has 0 aliphatic carbocycles. The highest BCUT2D eigenvalue weighted by Gasteiger charge is 2.18. The molecule has 0 aliphatic heterocycles. The summed E-state index contributed by atoms with van der Waals surface area (Å²) < 4.78 is 19.0. The molecule has 3 rings (SSSR count). The number of esters is 1. The summed E-state index contributed by atoms with van der Waals surface area (Å²) in [6.45, 7) is 6.50. The van der Waals surface area contributed by atoms with Gasteiger partial charge in [0.15, 0.2) is 12.4 Å². The highest BCUT2D eigenvalue weighted by atomic mass is 79.9. The van der Waals surface area contributed by atoms with Gasteiger partial charge < -0.3 is 35.8 Å². The highest BCUT2D eigenvalue weighted by molar-refractivity contribution is 5.87. The number of nitrogens with zero attached hydrogens (tertiary/aromatic N) is 2. The number of rotatable bonds is 28. The van der Waals surface area contributed by atoms with E-state index >= 15 is 0 Å². The number of carbonyl (C=O) groups is 1. The predicted octanol–water partition coefficient (Wildman–Crippen LogP) is 7.48. The lowest BCUT2D eigenvalue weighted by molar-refractivity contribution is -0.686. The molecule has 0 N–H and O–H groups in total. The molecule has 0 atom stereocenters. The smallest absolute Gasteiger partial charge is 0.373 e. The molecule has 2 heterocycles. The molecule has 0 aliphatic rings. The van der Waals surface area contributed by atoms with E-state index in [9.17, 15) is 9.59 Å². The lowest BCUT2D eigenvalue weighted by Crippen LogP contribution is -3.00. The Morgan fingerprint density at radius 3 is 1.70 bits per heavy atom. The molecule has 280 valence electrons. The van der Waals surface area contributed by atoms with Gasteiger partial charge in [0.25, 0.3) is 0 Å². The SMILES string of the molecule is CCCCCCCCCCCCN(CCCCCCCCCCCC)c1cc2oc(=O)cc(COC(=O)C[n+]3ccccc3)c2cc1OC.[Br-]. The van der Waals surface area contributed by atoms with E-state index in [4.69, 9.17) is 13.9 Å². The molecule has 7 nitrogen and oxygen atoms in total. The van der Waals surface area contributed by atoms with Crippen LogP contribution in [0.25, 0.3) is 11.0 Å². The molecule has 50 heavy (non-hydrogen) atoms. The van der Waals surface area contributed by atoms with Crippen molar-refractivity contribution in [2.75, 3.05) is 25.1 Å². The number of pyridine rings is 1. The maximum atomic E-state index is 12.7. The van der Waals surface area contributed by atoms with E-state index in [-0.39, 0.29) is 36.1 Å². The highest BCUT2D eigenvalue weighted by Crippen LogP contribution is 2.35. The summed E-state index contributed by atoms with van der Waals surface area (Å²) in [5.41, 5.74) is 1.60. The molecule has 0 amide bonds. The van der Waals surface area contributed by atoms with E-state index < -0.39 is 5.63 Å². The van der Waals surface area contributed by atoms with E-state index in [1.54, 1.807) is 11.7 Å². The predicted molar refractivity (Wildman–Crippen MR) is 201 cm³/mol. The van der Waals surface area contributed by atoms with Crippen LogP contribution in [0.15, 0.2) is 58.0 Å². The summed E-state index contributed by atoms with van der Waals surface area (Å²) >= 11 is 0. The van der Waals surface area contributed by atoms with Crippen molar-refractivity contribution in [2.24, 2.45) is 0 Å². The van der Waals surface area contributed by atoms with Gasteiger partial charge in [-0.25, -0.2) is 9.59 Å². The van der Waals surface area contributed by atoms with E-state index in [0.717, 1.165) is 42.8 Å². The standard InChI is InChI=1S/C42H65N2O5.BrH/c1-4-6-8-10-12-14-16-18-20-25-29-44(30-26-21-19-17-15-13-11-9-7-5-2)38-33-39-37(32-40(38)47-3)36(31-41(45)49-39)35-48-42(46)34-43-27-23-22-24-28-43;/h22-24,27-28,31-33H,4-21,25-26,29-30,34-35H2,1-3H3;1H/q+1;/p-1. The number of carbonyl (C=O) groups excluding carboxylic acids is 1. The van der Waals surface area contributed by atoms with Crippen LogP contribution in [0, 0.1) is 0 Å². The fraction of sp³-hybridized carbons (Fsp3) is 0.643. The minimum atomic E-state index is -0.456. The number of hydrogen-bond donors (Lipinski definition) is 0. The number of benzene rings is 1. The molecule has 2 aromatic heterocycles. The van der Waals surface area contributed by atoms with E-state index in [1.807, 2.05) is 42.7 Å². The van der Waals surface area contributed by atoms with E-state index in [0.29, 0.717) is 11.1 Å². The second-order valence-electron chi connectivity index (χ2n) is 13.7. The van der Waals surface area contributed by atoms with Gasteiger partial charge in [-0.2, -0.15) is 4.57 Å². The number of aromatic nitrogens is 1. The van der Waals surface area contributed by atoms with Crippen molar-refractivity contribution in [1.29, 1.82) is 0 Å². The fourth-order valence-electron chi connectivity index (χ4n) is 6.60. The van der Waals surface area contributed by atoms with Gasteiger partial charge >= 0.3 is 11.6 Å². The number of anilines is 1. The molecule has 8 heteroatoms. The maximum absolute atomic E-state index is 12.7. The van der Waals surface area contributed by atoms with Gasteiger partial charge in [0.05, 0.1) is 12.8 Å². The third kappa shape index (κ3) is 16.9. The molecule has 0 spiro atoms. The summed E-state index contributed by atoms with van der Waals surface area (Å²) in [5.74, 6) is 0.369. The van der Waals surface area contributed by atoms with Crippen molar-refractivity contribution in [1.82, 2.24) is 0 Å². The van der Waals surface area contributed by atoms with Crippen molar-refractivity contribution in [3.63, 3.8) is 0 Å². The monoisotopic (exact) mass is 756 g/mol. The summed E-state index contributed by atoms with van der Waals surface area (Å²) in [7, 11) is 1.69. The molecule has 3 aromatic rings. The van der Waals surface area contributed by atoms with Crippen LogP contribution >= 0.6 is 0 Å². The first kappa shape index (κ1) is 43.3. The largest absolute Gasteiger partial charge is 1.00 e. The summed E-state index contributed by atoms with van der Waals surface area (Å²) in [4.78, 5) is 27.7. The Bertz CT molecular complexity index is 1360. The number of methoxy groups -OCH3 is 1. The zero-order valence-corrected chi connectivity index (χ0v) is 33.0. The maximum Gasteiger partial charge on any atom is 0.373 e. The van der Waals surface area contributed by atoms with Gasteiger partial charge in [-0.15, -0.1) is 0 Å². The lowest BCUT2D eigenvalue weighted by atomic mass is 10.1. The van der Waals surface area contributed by atoms with E-state index in [2.05, 4.69) is 18.7 Å². The van der Waals surface area contributed by atoms with Crippen molar-refractivity contribution in [3.8, 4) is 5.75 Å². The lowest BCUT2D eigenvalue weighted by Gasteiger charge is -2.27. The molecule has 0 unspecified atom stereocenters. The molecule has 0 saturated carbocycles. The topological polar surface area (TPSA) is 72.9 Å². The quantitative estimate of drug-likeness (QED) is 0.0331. The normalized spacial score (nSPS) is 11.0. The van der Waals surface area contributed by atoms with Gasteiger partial charge in [-0.05, 0) is 18.9 Å². The van der Waals surface area contributed by atoms with Gasteiger partial charge in [-0.3, -0.25) is 0 Å². The number of unbranched alkanes of at least 4 members (excludes halogenated alkanes) is 18. The fourth-order valence-corrected chi connectivity index (χ4v) is 6.60. The van der Waals surface area contributed by atoms with Crippen molar-refractivity contribution in [3.05, 3.63) is 64.8 Å². The summed E-state index contributed by atoms with van der Waals surface area (Å²) in [6.07, 6.45) is 29.7. The molecule has 0 fully saturated rings. The van der Waals surface area contributed by atoms with Crippen molar-refractivity contribution < 1.29 is 40.2 Å². The van der Waals surface area contributed by atoms with E-state index in [1.165, 1.54) is 122 Å². The first-order chi connectivity index (χ1) is 24.0. The summed E-state index contributed by atoms with van der Waals surface area (Å²) in [5, 5.41) is 0.721. The number of ether oxygens (including phenoxy) is 2. The van der Waals surface area contributed by atoms with Crippen LogP contribution in [0.2, 0.25) is 0 Å². The number of fused-ring (bicyclic) bond motifs is 1. The third-order valence-corrected chi connectivity index (χ3v) is 9.51. The van der Waals surface area contributed by atoms with Gasteiger partial charge in [0.1, 0.15) is 17.9 Å². The molecule has 1 aromatic carbocycles. The summed E-state index contributed by atoms with van der Waals surface area (Å²) in [6, 6.07) is 10.9. The zero-order chi connectivity index (χ0) is 34.9. The number of halogens is 1. The third-order valence-electron chi connectivity index (χ3n) is 9.51. The van der Waals surface area contributed by atoms with Gasteiger partial charge in [0, 0.05) is 48.3 Å². The Balaban J connectivity index is 0.00000867. The van der Waals surface area contributed by atoms with Crippen LogP contribution in [0.1, 0.15) is 148 Å². The zero-order valence-electron chi connectivity index (χ0n) is 31.4. The van der Waals surface area contributed by atoms with Crippen molar-refractivity contribution >= 4 is 22.6 Å². The van der Waals surface area contributed by atoms with Crippen LogP contribution in [0.5, 0.6) is 5.75 Å². The second kappa shape index (κ2) is 26.9. The average molecular weight is 758 g/mol. The van der Waals surface area contributed by atoms with Crippen LogP contribution in [-0.2, 0) is 22.7 Å². The first-order valence-electron chi connectivity index (χ1n) is 19.5. The van der Waals surface area contributed by atoms with Gasteiger partial charge in [-0.1, -0.05) is 135 Å².